The van der Waals surface area contributed by atoms with Gasteiger partial charge in [0.1, 0.15) is 0 Å². The Bertz CT molecular complexity index is 42.5. The molecule has 8 heavy (non-hydrogen) atoms. The zero-order valence-electron chi connectivity index (χ0n) is 6.15. The summed E-state index contributed by atoms with van der Waals surface area (Å²) in [7, 11) is 2.39. The summed E-state index contributed by atoms with van der Waals surface area (Å²) in [4.78, 5) is 0. The van der Waals surface area contributed by atoms with Crippen molar-refractivity contribution in [3.05, 3.63) is 0 Å². The maximum absolute atomic E-state index is 2.30. The molecular weight excluding hydrogens is 134 g/mol. The summed E-state index contributed by atoms with van der Waals surface area (Å²) in [5, 5.41) is 0. The minimum atomic E-state index is 0.927. The molecule has 0 aromatic rings. The molecule has 0 fully saturated rings. The van der Waals surface area contributed by atoms with Gasteiger partial charge >= 0.3 is 0 Å². The summed E-state index contributed by atoms with van der Waals surface area (Å²) >= 11 is 0. The van der Waals surface area contributed by atoms with Gasteiger partial charge in [0, 0.05) is 0 Å². The lowest BCUT2D eigenvalue weighted by molar-refractivity contribution is 1.10. The molecule has 2 unspecified atom stereocenters. The van der Waals surface area contributed by atoms with Gasteiger partial charge in [-0.3, -0.25) is 0 Å². The highest BCUT2D eigenvalue weighted by Gasteiger charge is 1.94. The van der Waals surface area contributed by atoms with Crippen molar-refractivity contribution in [1.29, 1.82) is 0 Å². The van der Waals surface area contributed by atoms with Crippen LogP contribution in [0.4, 0.5) is 0 Å². The van der Waals surface area contributed by atoms with Gasteiger partial charge in [-0.05, 0) is 11.3 Å². The molecule has 2 atom stereocenters. The summed E-state index contributed by atoms with van der Waals surface area (Å²) in [5.41, 5.74) is 1.85. The first-order chi connectivity index (χ1) is 3.63. The van der Waals surface area contributed by atoms with Gasteiger partial charge in [0.25, 0.3) is 0 Å². The molecule has 0 rings (SSSR count). The molecule has 0 aliphatic rings. The average Bonchev–Trinajstić information content (AvgIpc) is 1.61. The van der Waals surface area contributed by atoms with Gasteiger partial charge in [0.05, 0.1) is 0 Å². The van der Waals surface area contributed by atoms with Crippen LogP contribution in [0.2, 0.25) is 0 Å². The van der Waals surface area contributed by atoms with Crippen molar-refractivity contribution in [3.8, 4) is 0 Å². The fourth-order valence-corrected chi connectivity index (χ4v) is 3.00. The Kier molecular flexibility index (Phi) is 5.22. The Morgan fingerprint density at radius 1 is 0.750 bits per heavy atom. The van der Waals surface area contributed by atoms with Crippen molar-refractivity contribution in [2.24, 2.45) is 0 Å². The molecule has 0 aliphatic heterocycles. The Morgan fingerprint density at radius 3 is 1.12 bits per heavy atom. The summed E-state index contributed by atoms with van der Waals surface area (Å²) < 4.78 is 0. The van der Waals surface area contributed by atoms with E-state index in [9.17, 15) is 0 Å². The van der Waals surface area contributed by atoms with E-state index in [-0.39, 0.29) is 0 Å². The highest BCUT2D eigenvalue weighted by atomic mass is 32.0. The maximum atomic E-state index is 2.30. The molecule has 0 nitrogen and oxygen atoms in total. The van der Waals surface area contributed by atoms with Gasteiger partial charge in [-0.1, -0.05) is 44.2 Å². The predicted molar refractivity (Wildman–Crippen MR) is 46.9 cm³/mol. The number of hydrogen-bond acceptors (Lipinski definition) is 0. The molecule has 50 valence electrons. The lowest BCUT2D eigenvalue weighted by Crippen LogP contribution is -1.82. The normalized spacial score (nSPS) is 14.2. The van der Waals surface area contributed by atoms with Crippen LogP contribution < -0.4 is 0 Å². The number of rotatable bonds is 3. The van der Waals surface area contributed by atoms with Crippen molar-refractivity contribution < 1.29 is 0 Å². The van der Waals surface area contributed by atoms with Crippen molar-refractivity contribution in [3.63, 3.8) is 0 Å². The fourth-order valence-electron chi connectivity index (χ4n) is 0.333. The lowest BCUT2D eigenvalue weighted by Gasteiger charge is -2.06. The lowest BCUT2D eigenvalue weighted by atomic mass is 10.6. The second-order valence-corrected chi connectivity index (χ2v) is 7.22. The van der Waals surface area contributed by atoms with Crippen molar-refractivity contribution >= 4 is 16.5 Å². The van der Waals surface area contributed by atoms with Gasteiger partial charge < -0.3 is 0 Å². The standard InChI is InChI=1S/C6H16P2/c1-5(2)7-8-6(3)4/h5-8H,1-4H3. The molecular formula is C6H16P2. The predicted octanol–water partition coefficient (Wildman–Crippen LogP) is 3.08. The van der Waals surface area contributed by atoms with Crippen molar-refractivity contribution in [1.82, 2.24) is 0 Å². The Balaban J connectivity index is 2.93. The van der Waals surface area contributed by atoms with E-state index in [1.54, 1.807) is 0 Å². The first-order valence-electron chi connectivity index (χ1n) is 3.14. The number of hydrogen-bond donors (Lipinski definition) is 0. The van der Waals surface area contributed by atoms with E-state index < -0.39 is 0 Å². The van der Waals surface area contributed by atoms with Crippen LogP contribution in [0.1, 0.15) is 27.7 Å². The molecule has 0 aliphatic carbocycles. The third-order valence-electron chi connectivity index (χ3n) is 0.661. The molecule has 0 bridgehead atoms. The van der Waals surface area contributed by atoms with E-state index in [1.165, 1.54) is 16.5 Å². The van der Waals surface area contributed by atoms with E-state index in [2.05, 4.69) is 27.7 Å². The topological polar surface area (TPSA) is 0 Å². The van der Waals surface area contributed by atoms with Gasteiger partial charge in [-0.25, -0.2) is 0 Å². The Labute approximate surface area is 56.3 Å². The van der Waals surface area contributed by atoms with Gasteiger partial charge in [-0.2, -0.15) is 0 Å². The van der Waals surface area contributed by atoms with Crippen LogP contribution in [-0.2, 0) is 0 Å². The average molecular weight is 150 g/mol. The summed E-state index contributed by atoms with van der Waals surface area (Å²) in [6.07, 6.45) is 0. The third-order valence-corrected chi connectivity index (χ3v) is 5.95. The largest absolute Gasteiger partial charge is 0.0964 e. The van der Waals surface area contributed by atoms with Crippen LogP contribution in [0.3, 0.4) is 0 Å². The third kappa shape index (κ3) is 6.86. The second kappa shape index (κ2) is 4.71. The minimum Gasteiger partial charge on any atom is -0.0964 e. The smallest absolute Gasteiger partial charge is 0.0257 e. The van der Waals surface area contributed by atoms with E-state index in [0.717, 1.165) is 11.3 Å². The molecule has 0 radical (unpaired) electrons. The summed E-state index contributed by atoms with van der Waals surface area (Å²) in [5.74, 6) is 0. The quantitative estimate of drug-likeness (QED) is 0.542. The van der Waals surface area contributed by atoms with Crippen molar-refractivity contribution in [2.45, 2.75) is 39.0 Å². The second-order valence-electron chi connectivity index (χ2n) is 2.60. The zero-order valence-corrected chi connectivity index (χ0v) is 8.15. The van der Waals surface area contributed by atoms with E-state index in [1.807, 2.05) is 0 Å². The van der Waals surface area contributed by atoms with Crippen LogP contribution in [0, 0.1) is 0 Å². The first kappa shape index (κ1) is 8.86. The molecule has 0 saturated carbocycles. The summed E-state index contributed by atoms with van der Waals surface area (Å²) in [6.45, 7) is 9.20. The van der Waals surface area contributed by atoms with Crippen LogP contribution in [-0.4, -0.2) is 11.3 Å². The molecule has 0 heterocycles. The molecule has 0 spiro atoms. The van der Waals surface area contributed by atoms with Crippen LogP contribution >= 0.6 is 16.5 Å². The van der Waals surface area contributed by atoms with Gasteiger partial charge in [0.2, 0.25) is 0 Å². The van der Waals surface area contributed by atoms with Crippen LogP contribution in [0.25, 0.3) is 0 Å². The molecule has 0 amide bonds. The minimum absolute atomic E-state index is 0.927. The van der Waals surface area contributed by atoms with Gasteiger partial charge in [0.15, 0.2) is 0 Å². The highest BCUT2D eigenvalue weighted by molar-refractivity contribution is 8.12. The van der Waals surface area contributed by atoms with Crippen molar-refractivity contribution in [2.75, 3.05) is 0 Å². The van der Waals surface area contributed by atoms with Crippen LogP contribution in [0.5, 0.6) is 0 Å². The Morgan fingerprint density at radius 2 is 1.00 bits per heavy atom. The molecule has 0 aromatic heterocycles. The van der Waals surface area contributed by atoms with E-state index in [0.29, 0.717) is 0 Å². The maximum Gasteiger partial charge on any atom is -0.0257 e. The van der Waals surface area contributed by atoms with Crippen LogP contribution in [0.15, 0.2) is 0 Å². The molecule has 2 heteroatoms. The zero-order chi connectivity index (χ0) is 6.57. The first-order valence-corrected chi connectivity index (χ1v) is 6.29. The van der Waals surface area contributed by atoms with Gasteiger partial charge in [-0.15, -0.1) is 0 Å². The van der Waals surface area contributed by atoms with E-state index in [4.69, 9.17) is 0 Å². The fraction of sp³-hybridized carbons (Fsp3) is 1.00. The van der Waals surface area contributed by atoms with E-state index >= 15 is 0 Å². The Hall–Kier alpha value is 0.860. The molecule has 0 saturated heterocycles. The monoisotopic (exact) mass is 150 g/mol. The SMILES string of the molecule is CC(C)PPC(C)C. The molecule has 0 N–H and O–H groups in total. The molecule has 0 aromatic carbocycles. The highest BCUT2D eigenvalue weighted by Crippen LogP contribution is 2.43. The summed E-state index contributed by atoms with van der Waals surface area (Å²) in [6, 6.07) is 0.